The van der Waals surface area contributed by atoms with Gasteiger partial charge in [-0.1, -0.05) is 24.3 Å². The number of carbonyl (C=O) groups is 3. The van der Waals surface area contributed by atoms with Crippen molar-refractivity contribution < 1.29 is 19.5 Å². The average Bonchev–Trinajstić information content (AvgIpc) is 2.75. The van der Waals surface area contributed by atoms with Crippen LogP contribution in [0.5, 0.6) is 0 Å². The third kappa shape index (κ3) is 5.71. The van der Waals surface area contributed by atoms with Crippen molar-refractivity contribution in [1.29, 1.82) is 0 Å². The van der Waals surface area contributed by atoms with Gasteiger partial charge in [-0.2, -0.15) is 0 Å². The first-order valence-electron chi connectivity index (χ1n) is 8.85. The minimum absolute atomic E-state index is 0.0572. The molecule has 6 nitrogen and oxygen atoms in total. The van der Waals surface area contributed by atoms with Gasteiger partial charge >= 0.3 is 5.97 Å². The van der Waals surface area contributed by atoms with Crippen LogP contribution in [0.4, 0.5) is 11.4 Å². The van der Waals surface area contributed by atoms with Crippen molar-refractivity contribution in [3.63, 3.8) is 0 Å². The number of anilines is 2. The first kappa shape index (κ1) is 21.6. The standard InChI is InChI=1S/C22H17BrN2O4S/c23-18-7-3-4-8-19(18)25-20(26)13-30-15-11-9-14(10-12-15)24-21(27)16-5-1-2-6-17(16)22(28)29/h1-12H,13H2,(H,24,27)(H,25,26)(H,28,29). The first-order chi connectivity index (χ1) is 14.4. The highest BCUT2D eigenvalue weighted by Gasteiger charge is 2.15. The van der Waals surface area contributed by atoms with Gasteiger partial charge in [0.15, 0.2) is 0 Å². The maximum atomic E-state index is 12.4. The molecule has 30 heavy (non-hydrogen) atoms. The van der Waals surface area contributed by atoms with Crippen LogP contribution in [0.3, 0.4) is 0 Å². The molecule has 0 aromatic heterocycles. The van der Waals surface area contributed by atoms with Crippen molar-refractivity contribution in [1.82, 2.24) is 0 Å². The van der Waals surface area contributed by atoms with E-state index in [1.54, 1.807) is 36.4 Å². The Balaban J connectivity index is 1.56. The molecule has 8 heteroatoms. The zero-order chi connectivity index (χ0) is 21.5. The summed E-state index contributed by atoms with van der Waals surface area (Å²) in [7, 11) is 0. The minimum atomic E-state index is -1.16. The number of nitrogens with one attached hydrogen (secondary N) is 2. The molecular weight excluding hydrogens is 468 g/mol. The highest BCUT2D eigenvalue weighted by atomic mass is 79.9. The fraction of sp³-hybridized carbons (Fsp3) is 0.0455. The maximum absolute atomic E-state index is 12.4. The Hall–Kier alpha value is -3.10. The fourth-order valence-electron chi connectivity index (χ4n) is 2.60. The molecule has 3 N–H and O–H groups in total. The molecule has 0 aliphatic heterocycles. The summed E-state index contributed by atoms with van der Waals surface area (Å²) in [6, 6.07) is 20.4. The number of aromatic carboxylic acids is 1. The van der Waals surface area contributed by atoms with Crippen molar-refractivity contribution in [2.75, 3.05) is 16.4 Å². The molecule has 0 aliphatic carbocycles. The lowest BCUT2D eigenvalue weighted by molar-refractivity contribution is -0.113. The number of carbonyl (C=O) groups excluding carboxylic acids is 2. The predicted molar refractivity (Wildman–Crippen MR) is 121 cm³/mol. The van der Waals surface area contributed by atoms with Gasteiger partial charge < -0.3 is 15.7 Å². The van der Waals surface area contributed by atoms with E-state index in [2.05, 4.69) is 26.6 Å². The molecule has 0 radical (unpaired) electrons. The van der Waals surface area contributed by atoms with E-state index in [4.69, 9.17) is 0 Å². The Bertz CT molecular complexity index is 1090. The van der Waals surface area contributed by atoms with Crippen LogP contribution in [0.1, 0.15) is 20.7 Å². The molecule has 2 amide bonds. The van der Waals surface area contributed by atoms with Gasteiger partial charge in [0.2, 0.25) is 5.91 Å². The van der Waals surface area contributed by atoms with Crippen molar-refractivity contribution in [3.8, 4) is 0 Å². The smallest absolute Gasteiger partial charge is 0.336 e. The van der Waals surface area contributed by atoms with E-state index < -0.39 is 11.9 Å². The second-order valence-corrected chi connectivity index (χ2v) is 8.05. The van der Waals surface area contributed by atoms with E-state index in [-0.39, 0.29) is 22.8 Å². The summed E-state index contributed by atoms with van der Waals surface area (Å²) in [6.45, 7) is 0. The topological polar surface area (TPSA) is 95.5 Å². The summed E-state index contributed by atoms with van der Waals surface area (Å²) in [5.74, 6) is -1.55. The summed E-state index contributed by atoms with van der Waals surface area (Å²) in [6.07, 6.45) is 0. The van der Waals surface area contributed by atoms with Gasteiger partial charge in [-0.05, 0) is 64.5 Å². The zero-order valence-electron chi connectivity index (χ0n) is 15.6. The Morgan fingerprint density at radius 2 is 1.47 bits per heavy atom. The van der Waals surface area contributed by atoms with Crippen molar-refractivity contribution in [3.05, 3.63) is 88.4 Å². The first-order valence-corrected chi connectivity index (χ1v) is 10.6. The van der Waals surface area contributed by atoms with Crippen LogP contribution in [0.25, 0.3) is 0 Å². The average molecular weight is 485 g/mol. The Morgan fingerprint density at radius 1 is 0.833 bits per heavy atom. The van der Waals surface area contributed by atoms with E-state index in [1.807, 2.05) is 24.3 Å². The van der Waals surface area contributed by atoms with Crippen LogP contribution in [0.2, 0.25) is 0 Å². The van der Waals surface area contributed by atoms with E-state index in [0.29, 0.717) is 11.4 Å². The van der Waals surface area contributed by atoms with Crippen LogP contribution in [0, 0.1) is 0 Å². The number of carboxylic acid groups (broad SMARTS) is 1. The lowest BCUT2D eigenvalue weighted by Gasteiger charge is -2.09. The van der Waals surface area contributed by atoms with Crippen molar-refractivity contribution >= 4 is 56.9 Å². The maximum Gasteiger partial charge on any atom is 0.336 e. The van der Waals surface area contributed by atoms with Gasteiger partial charge in [0.05, 0.1) is 22.6 Å². The second kappa shape index (κ2) is 10.1. The molecule has 0 atom stereocenters. The summed E-state index contributed by atoms with van der Waals surface area (Å²) in [5, 5.41) is 14.7. The quantitative estimate of drug-likeness (QED) is 0.404. The van der Waals surface area contributed by atoms with E-state index in [9.17, 15) is 19.5 Å². The number of amides is 2. The SMILES string of the molecule is O=C(CSc1ccc(NC(=O)c2ccccc2C(=O)O)cc1)Nc1ccccc1Br. The zero-order valence-corrected chi connectivity index (χ0v) is 18.0. The fourth-order valence-corrected chi connectivity index (χ4v) is 3.68. The van der Waals surface area contributed by atoms with Gasteiger partial charge in [0, 0.05) is 15.1 Å². The van der Waals surface area contributed by atoms with E-state index in [0.717, 1.165) is 9.37 Å². The number of thioether (sulfide) groups is 1. The van der Waals surface area contributed by atoms with Gasteiger partial charge in [-0.15, -0.1) is 11.8 Å². The van der Waals surface area contributed by atoms with Crippen molar-refractivity contribution in [2.45, 2.75) is 4.90 Å². The molecule has 0 spiro atoms. The van der Waals surface area contributed by atoms with E-state index >= 15 is 0 Å². The molecule has 0 saturated heterocycles. The van der Waals surface area contributed by atoms with Gasteiger partial charge in [-0.3, -0.25) is 9.59 Å². The third-order valence-electron chi connectivity index (χ3n) is 4.03. The molecule has 3 aromatic rings. The molecule has 0 heterocycles. The highest BCUT2D eigenvalue weighted by molar-refractivity contribution is 9.10. The van der Waals surface area contributed by atoms with Crippen LogP contribution >= 0.6 is 27.7 Å². The number of halogens is 1. The summed E-state index contributed by atoms with van der Waals surface area (Å²) >= 11 is 4.76. The highest BCUT2D eigenvalue weighted by Crippen LogP contribution is 2.24. The Kier molecular flexibility index (Phi) is 7.26. The second-order valence-electron chi connectivity index (χ2n) is 6.15. The lowest BCUT2D eigenvalue weighted by atomic mass is 10.1. The molecule has 0 bridgehead atoms. The molecule has 0 fully saturated rings. The predicted octanol–water partition coefficient (Wildman–Crippen LogP) is 5.13. The van der Waals surface area contributed by atoms with Crippen LogP contribution in [-0.2, 0) is 4.79 Å². The number of hydrogen-bond donors (Lipinski definition) is 3. The normalized spacial score (nSPS) is 10.3. The molecule has 152 valence electrons. The number of carboxylic acids is 1. The number of para-hydroxylation sites is 1. The van der Waals surface area contributed by atoms with Gasteiger partial charge in [-0.25, -0.2) is 4.79 Å². The van der Waals surface area contributed by atoms with E-state index in [1.165, 1.54) is 23.9 Å². The number of benzene rings is 3. The third-order valence-corrected chi connectivity index (χ3v) is 5.74. The number of rotatable bonds is 7. The molecule has 3 rings (SSSR count). The summed E-state index contributed by atoms with van der Waals surface area (Å²) in [4.78, 5) is 36.7. The molecule has 0 aliphatic rings. The molecule has 3 aromatic carbocycles. The van der Waals surface area contributed by atoms with Crippen LogP contribution < -0.4 is 10.6 Å². The summed E-state index contributed by atoms with van der Waals surface area (Å²) < 4.78 is 0.813. The van der Waals surface area contributed by atoms with Gasteiger partial charge in [0.1, 0.15) is 0 Å². The molecule has 0 saturated carbocycles. The molecular formula is C22H17BrN2O4S. The van der Waals surface area contributed by atoms with Crippen LogP contribution in [0.15, 0.2) is 82.2 Å². The largest absolute Gasteiger partial charge is 0.478 e. The van der Waals surface area contributed by atoms with Crippen LogP contribution in [-0.4, -0.2) is 28.6 Å². The lowest BCUT2D eigenvalue weighted by Crippen LogP contribution is -2.16. The summed E-state index contributed by atoms with van der Waals surface area (Å²) in [5.41, 5.74) is 1.27. The van der Waals surface area contributed by atoms with Crippen molar-refractivity contribution in [2.24, 2.45) is 0 Å². The molecule has 0 unspecified atom stereocenters. The van der Waals surface area contributed by atoms with Gasteiger partial charge in [0.25, 0.3) is 5.91 Å². The Labute approximate surface area is 185 Å². The minimum Gasteiger partial charge on any atom is -0.478 e. The Morgan fingerprint density at radius 3 is 2.13 bits per heavy atom. The monoisotopic (exact) mass is 484 g/mol. The number of hydrogen-bond acceptors (Lipinski definition) is 4.